The fraction of sp³-hybridized carbons (Fsp3) is 0.538. The van der Waals surface area contributed by atoms with E-state index in [1.807, 2.05) is 18.4 Å². The molecule has 2 rings (SSSR count). The van der Waals surface area contributed by atoms with Gasteiger partial charge in [0.2, 0.25) is 0 Å². The van der Waals surface area contributed by atoms with Crippen LogP contribution >= 0.6 is 11.3 Å². The first-order valence-electron chi connectivity index (χ1n) is 6.38. The molecule has 104 valence electrons. The van der Waals surface area contributed by atoms with Crippen molar-refractivity contribution in [2.75, 3.05) is 0 Å². The molecule has 0 aliphatic heterocycles. The Balaban J connectivity index is 1.81. The highest BCUT2D eigenvalue weighted by atomic mass is 32.1. The Hall–Kier alpha value is -1.56. The van der Waals surface area contributed by atoms with Crippen molar-refractivity contribution in [3.8, 4) is 0 Å². The van der Waals surface area contributed by atoms with E-state index in [2.05, 4.69) is 10.6 Å². The van der Waals surface area contributed by atoms with Crippen molar-refractivity contribution in [3.63, 3.8) is 0 Å². The van der Waals surface area contributed by atoms with E-state index in [0.29, 0.717) is 13.0 Å². The van der Waals surface area contributed by atoms with E-state index in [4.69, 9.17) is 5.11 Å². The van der Waals surface area contributed by atoms with Gasteiger partial charge in [0, 0.05) is 10.9 Å². The highest BCUT2D eigenvalue weighted by Crippen LogP contribution is 2.25. The summed E-state index contributed by atoms with van der Waals surface area (Å²) in [5.41, 5.74) is 1.16. The molecular weight excluding hydrogens is 264 g/mol. The predicted molar refractivity (Wildman–Crippen MR) is 73.2 cm³/mol. The van der Waals surface area contributed by atoms with Crippen LogP contribution in [0.4, 0.5) is 4.79 Å². The molecule has 2 amide bonds. The zero-order chi connectivity index (χ0) is 13.8. The van der Waals surface area contributed by atoms with Gasteiger partial charge in [-0.15, -0.1) is 11.3 Å². The molecule has 2 atom stereocenters. The lowest BCUT2D eigenvalue weighted by molar-refractivity contribution is -0.142. The second-order valence-corrected chi connectivity index (χ2v) is 5.84. The molecule has 1 saturated carbocycles. The molecule has 19 heavy (non-hydrogen) atoms. The molecule has 2 unspecified atom stereocenters. The van der Waals surface area contributed by atoms with E-state index >= 15 is 0 Å². The minimum atomic E-state index is -0.822. The van der Waals surface area contributed by atoms with Gasteiger partial charge in [0.05, 0.1) is 12.5 Å². The van der Waals surface area contributed by atoms with Crippen LogP contribution in [0.15, 0.2) is 11.4 Å². The molecule has 1 aliphatic carbocycles. The number of amides is 2. The molecule has 3 N–H and O–H groups in total. The summed E-state index contributed by atoms with van der Waals surface area (Å²) in [6, 6.07) is 1.48. The molecule has 1 aromatic heterocycles. The molecule has 0 saturated heterocycles. The summed E-state index contributed by atoms with van der Waals surface area (Å²) in [5.74, 6) is -1.27. The van der Waals surface area contributed by atoms with Gasteiger partial charge in [-0.1, -0.05) is 6.42 Å². The second-order valence-electron chi connectivity index (χ2n) is 4.84. The quantitative estimate of drug-likeness (QED) is 0.791. The van der Waals surface area contributed by atoms with Crippen LogP contribution in [0.5, 0.6) is 0 Å². The Kier molecular flexibility index (Phi) is 4.42. The molecule has 1 aliphatic rings. The van der Waals surface area contributed by atoms with Crippen LogP contribution in [-0.4, -0.2) is 23.1 Å². The number of carboxylic acids is 1. The Labute approximate surface area is 116 Å². The van der Waals surface area contributed by atoms with Gasteiger partial charge >= 0.3 is 12.0 Å². The number of urea groups is 1. The van der Waals surface area contributed by atoms with Crippen LogP contribution in [-0.2, 0) is 11.3 Å². The third kappa shape index (κ3) is 3.47. The van der Waals surface area contributed by atoms with Crippen LogP contribution < -0.4 is 10.6 Å². The Morgan fingerprint density at radius 1 is 1.47 bits per heavy atom. The zero-order valence-electron chi connectivity index (χ0n) is 10.8. The van der Waals surface area contributed by atoms with Gasteiger partial charge in [-0.05, 0) is 36.8 Å². The first kappa shape index (κ1) is 13.9. The van der Waals surface area contributed by atoms with Crippen molar-refractivity contribution >= 4 is 23.3 Å². The number of nitrogens with one attached hydrogen (secondary N) is 2. The number of carbonyl (C=O) groups excluding carboxylic acids is 1. The van der Waals surface area contributed by atoms with E-state index in [1.54, 1.807) is 11.3 Å². The van der Waals surface area contributed by atoms with E-state index in [1.165, 1.54) is 0 Å². The molecule has 6 heteroatoms. The molecule has 0 bridgehead atoms. The summed E-state index contributed by atoms with van der Waals surface area (Å²) < 4.78 is 0. The van der Waals surface area contributed by atoms with E-state index in [-0.39, 0.29) is 12.1 Å². The lowest BCUT2D eigenvalue weighted by atomic mass is 10.0. The number of hydrogen-bond acceptors (Lipinski definition) is 3. The number of hydrogen-bond donors (Lipinski definition) is 3. The van der Waals surface area contributed by atoms with E-state index < -0.39 is 11.9 Å². The van der Waals surface area contributed by atoms with Gasteiger partial charge in [0.25, 0.3) is 0 Å². The number of thiophene rings is 1. The second kappa shape index (κ2) is 6.06. The molecule has 0 aromatic carbocycles. The third-order valence-electron chi connectivity index (χ3n) is 3.53. The van der Waals surface area contributed by atoms with Crippen LogP contribution in [0.1, 0.15) is 29.7 Å². The van der Waals surface area contributed by atoms with Crippen LogP contribution in [0.2, 0.25) is 0 Å². The van der Waals surface area contributed by atoms with Crippen LogP contribution in [0.25, 0.3) is 0 Å². The van der Waals surface area contributed by atoms with E-state index in [0.717, 1.165) is 23.3 Å². The van der Waals surface area contributed by atoms with Crippen molar-refractivity contribution < 1.29 is 14.7 Å². The summed E-state index contributed by atoms with van der Waals surface area (Å²) in [4.78, 5) is 23.9. The molecule has 1 fully saturated rings. The maximum Gasteiger partial charge on any atom is 0.315 e. The lowest BCUT2D eigenvalue weighted by Gasteiger charge is -2.17. The summed E-state index contributed by atoms with van der Waals surface area (Å²) in [7, 11) is 0. The molecule has 0 radical (unpaired) electrons. The third-order valence-corrected chi connectivity index (χ3v) is 4.55. The van der Waals surface area contributed by atoms with Crippen LogP contribution in [0.3, 0.4) is 0 Å². The first-order valence-corrected chi connectivity index (χ1v) is 7.26. The standard InChI is InChI=1S/C13H18N2O3S/c1-8-5-6-19-11(8)7-14-13(18)15-10-4-2-3-9(10)12(16)17/h5-6,9-10H,2-4,7H2,1H3,(H,16,17)(H2,14,15,18). The Morgan fingerprint density at radius 3 is 2.89 bits per heavy atom. The van der Waals surface area contributed by atoms with Crippen molar-refractivity contribution in [3.05, 3.63) is 21.9 Å². The zero-order valence-corrected chi connectivity index (χ0v) is 11.6. The summed E-state index contributed by atoms with van der Waals surface area (Å²) in [6.45, 7) is 2.49. The van der Waals surface area contributed by atoms with Crippen molar-refractivity contribution in [2.24, 2.45) is 5.92 Å². The predicted octanol–water partition coefficient (Wildman–Crippen LogP) is 2.11. The number of carboxylic acid groups (broad SMARTS) is 1. The minimum absolute atomic E-state index is 0.248. The maximum atomic E-state index is 11.8. The lowest BCUT2D eigenvalue weighted by Crippen LogP contribution is -2.45. The average Bonchev–Trinajstić information content (AvgIpc) is 2.95. The van der Waals surface area contributed by atoms with Gasteiger partial charge < -0.3 is 15.7 Å². The van der Waals surface area contributed by atoms with Gasteiger partial charge in [0.1, 0.15) is 0 Å². The number of aliphatic carboxylic acids is 1. The topological polar surface area (TPSA) is 78.4 Å². The SMILES string of the molecule is Cc1ccsc1CNC(=O)NC1CCCC1C(=O)O. The number of rotatable bonds is 4. The van der Waals surface area contributed by atoms with Gasteiger partial charge in [-0.25, -0.2) is 4.79 Å². The molecular formula is C13H18N2O3S. The van der Waals surface area contributed by atoms with Gasteiger partial charge in [0.15, 0.2) is 0 Å². The summed E-state index contributed by atoms with van der Waals surface area (Å²) in [6.07, 6.45) is 2.23. The average molecular weight is 282 g/mol. The Bertz CT molecular complexity index is 472. The van der Waals surface area contributed by atoms with Gasteiger partial charge in [-0.2, -0.15) is 0 Å². The summed E-state index contributed by atoms with van der Waals surface area (Å²) >= 11 is 1.60. The van der Waals surface area contributed by atoms with Crippen molar-refractivity contribution in [1.82, 2.24) is 10.6 Å². The van der Waals surface area contributed by atoms with Gasteiger partial charge in [-0.3, -0.25) is 4.79 Å². The molecule has 5 nitrogen and oxygen atoms in total. The monoisotopic (exact) mass is 282 g/mol. The molecule has 1 aromatic rings. The van der Waals surface area contributed by atoms with E-state index in [9.17, 15) is 9.59 Å². The highest BCUT2D eigenvalue weighted by Gasteiger charge is 2.33. The summed E-state index contributed by atoms with van der Waals surface area (Å²) in [5, 5.41) is 16.6. The molecule has 0 spiro atoms. The molecule has 1 heterocycles. The highest BCUT2D eigenvalue weighted by molar-refractivity contribution is 7.10. The largest absolute Gasteiger partial charge is 0.481 e. The van der Waals surface area contributed by atoms with Crippen molar-refractivity contribution in [2.45, 2.75) is 38.8 Å². The first-order chi connectivity index (χ1) is 9.08. The number of carbonyl (C=O) groups is 2. The smallest absolute Gasteiger partial charge is 0.315 e. The normalized spacial score (nSPS) is 22.2. The maximum absolute atomic E-state index is 11.8. The number of aryl methyl sites for hydroxylation is 1. The minimum Gasteiger partial charge on any atom is -0.481 e. The van der Waals surface area contributed by atoms with Crippen molar-refractivity contribution in [1.29, 1.82) is 0 Å². The van der Waals surface area contributed by atoms with Crippen LogP contribution in [0, 0.1) is 12.8 Å². The fourth-order valence-electron chi connectivity index (χ4n) is 2.39. The Morgan fingerprint density at radius 2 is 2.26 bits per heavy atom. The fourth-order valence-corrected chi connectivity index (χ4v) is 3.24.